The Labute approximate surface area is 238 Å². The van der Waals surface area contributed by atoms with E-state index in [0.717, 1.165) is 5.56 Å². The molecule has 14 heteroatoms. The summed E-state index contributed by atoms with van der Waals surface area (Å²) in [6.45, 7) is 3.12. The van der Waals surface area contributed by atoms with Crippen LogP contribution in [0.25, 0.3) is 0 Å². The number of guanidine groups is 1. The van der Waals surface area contributed by atoms with E-state index >= 15 is 0 Å². The van der Waals surface area contributed by atoms with Gasteiger partial charge in [-0.15, -0.1) is 0 Å². The van der Waals surface area contributed by atoms with Crippen LogP contribution in [0.5, 0.6) is 0 Å². The zero-order valence-electron chi connectivity index (χ0n) is 21.6. The van der Waals surface area contributed by atoms with E-state index in [0.29, 0.717) is 16.3 Å². The van der Waals surface area contributed by atoms with E-state index in [9.17, 15) is 21.2 Å². The zero-order valence-corrected chi connectivity index (χ0v) is 24.0. The van der Waals surface area contributed by atoms with Gasteiger partial charge in [0.2, 0.25) is 5.96 Å². The summed E-state index contributed by atoms with van der Waals surface area (Å²) in [5.41, 5.74) is 0.969. The van der Waals surface area contributed by atoms with Gasteiger partial charge in [-0.1, -0.05) is 54.1 Å². The van der Waals surface area contributed by atoms with Crippen LogP contribution < -0.4 is 14.6 Å². The summed E-state index contributed by atoms with van der Waals surface area (Å²) in [4.78, 5) is 4.37. The number of aliphatic imine (C=N–C) groups is 1. The highest BCUT2D eigenvalue weighted by atomic mass is 35.5. The highest BCUT2D eigenvalue weighted by Gasteiger charge is 2.34. The molecule has 0 saturated heterocycles. The maximum Gasteiger partial charge on any atom is 0.274 e. The molecule has 0 radical (unpaired) electrons. The lowest BCUT2D eigenvalue weighted by Gasteiger charge is -2.25. The quantitative estimate of drug-likeness (QED) is 0.266. The molecule has 0 aliphatic carbocycles. The average molecular weight is 607 g/mol. The molecule has 0 fully saturated rings. The third-order valence-corrected chi connectivity index (χ3v) is 8.33. The van der Waals surface area contributed by atoms with Gasteiger partial charge in [0.1, 0.15) is 5.82 Å². The second-order valence-corrected chi connectivity index (χ2v) is 13.2. The highest BCUT2D eigenvalue weighted by molar-refractivity contribution is 7.90. The zero-order chi connectivity index (χ0) is 29.1. The van der Waals surface area contributed by atoms with Crippen molar-refractivity contribution in [1.82, 2.24) is 14.5 Å². The first-order valence-corrected chi connectivity index (χ1v) is 15.4. The van der Waals surface area contributed by atoms with E-state index in [4.69, 9.17) is 21.8 Å². The van der Waals surface area contributed by atoms with Crippen molar-refractivity contribution in [3.8, 4) is 0 Å². The molecule has 10 nitrogen and oxygen atoms in total. The monoisotopic (exact) mass is 606 g/mol. The summed E-state index contributed by atoms with van der Waals surface area (Å²) in [7, 11) is -8.22. The summed E-state index contributed by atoms with van der Waals surface area (Å²) in [5.74, 6) is -0.859. The van der Waals surface area contributed by atoms with Crippen molar-refractivity contribution in [2.75, 3.05) is 13.1 Å². The molecule has 0 aromatic heterocycles. The number of nitrogens with zero attached hydrogens (tertiary/aromatic N) is 3. The second-order valence-electron chi connectivity index (χ2n) is 9.77. The minimum Gasteiger partial charge on any atom is -0.249 e. The molecule has 0 unspecified atom stereocenters. The normalized spacial score (nSPS) is 16.6. The molecule has 4 rings (SSSR count). The SMILES string of the molecule is CC(C)(CN=C(NS(=O)(=O)c1ccc(Cl)cc1)N1C[C@@H](c2ccccc2)C(c2ccc(F)cc2)=N1)NS(N)(=O)=O. The molecule has 0 spiro atoms. The van der Waals surface area contributed by atoms with Crippen LogP contribution in [0.15, 0.2) is 93.9 Å². The molecule has 4 N–H and O–H groups in total. The largest absolute Gasteiger partial charge is 0.274 e. The van der Waals surface area contributed by atoms with Gasteiger partial charge in [-0.3, -0.25) is 0 Å². The van der Waals surface area contributed by atoms with Crippen LogP contribution in [0.3, 0.4) is 0 Å². The van der Waals surface area contributed by atoms with Crippen LogP contribution >= 0.6 is 11.6 Å². The Morgan fingerprint density at radius 2 is 1.68 bits per heavy atom. The predicted octanol–water partition coefficient (Wildman–Crippen LogP) is 3.19. The van der Waals surface area contributed by atoms with Crippen molar-refractivity contribution >= 4 is 43.5 Å². The number of benzene rings is 3. The lowest BCUT2D eigenvalue weighted by atomic mass is 9.91. The van der Waals surface area contributed by atoms with E-state index in [1.165, 1.54) is 41.4 Å². The Kier molecular flexibility index (Phi) is 8.61. The number of nitrogens with two attached hydrogens (primary N) is 1. The van der Waals surface area contributed by atoms with Gasteiger partial charge < -0.3 is 0 Å². The summed E-state index contributed by atoms with van der Waals surface area (Å²) in [5, 5.41) is 11.6. The number of nitrogens with one attached hydrogen (secondary N) is 2. The summed E-state index contributed by atoms with van der Waals surface area (Å²) >= 11 is 5.93. The minimum atomic E-state index is -4.15. The fraction of sp³-hybridized carbons (Fsp3) is 0.231. The maximum atomic E-state index is 13.7. The van der Waals surface area contributed by atoms with Gasteiger partial charge in [0.25, 0.3) is 20.2 Å². The van der Waals surface area contributed by atoms with Crippen molar-refractivity contribution in [3.63, 3.8) is 0 Å². The van der Waals surface area contributed by atoms with E-state index in [1.807, 2.05) is 30.3 Å². The number of rotatable bonds is 8. The van der Waals surface area contributed by atoms with Gasteiger partial charge in [0.15, 0.2) is 0 Å². The van der Waals surface area contributed by atoms with Gasteiger partial charge in [-0.2, -0.15) is 18.2 Å². The Bertz CT molecular complexity index is 1630. The number of sulfonamides is 1. The van der Waals surface area contributed by atoms with Gasteiger partial charge in [-0.25, -0.2) is 32.7 Å². The first kappa shape index (κ1) is 29.6. The molecule has 0 amide bonds. The number of hydrogen-bond donors (Lipinski definition) is 3. The van der Waals surface area contributed by atoms with Crippen LogP contribution in [0.4, 0.5) is 4.39 Å². The number of hydrogen-bond acceptors (Lipinski definition) is 6. The molecule has 1 aliphatic rings. The molecule has 3 aromatic rings. The van der Waals surface area contributed by atoms with Crippen molar-refractivity contribution in [2.45, 2.75) is 30.2 Å². The fourth-order valence-corrected chi connectivity index (χ4v) is 6.09. The molecule has 1 atom stereocenters. The minimum absolute atomic E-state index is 0.0620. The molecule has 0 bridgehead atoms. The van der Waals surface area contributed by atoms with Crippen LogP contribution in [-0.4, -0.2) is 52.1 Å². The second kappa shape index (κ2) is 11.6. The standard InChI is InChI=1S/C26H28ClFN6O4S2/c1-26(2,33-40(29,37)38)17-30-25(32-39(35,36)22-14-10-20(27)11-15-22)34-16-23(18-6-4-3-5-7-18)24(31-34)19-8-12-21(28)13-9-19/h3-15,23,33H,16-17H2,1-2H3,(H,30,32)(H2,29,37,38)/t23-/m0/s1. The van der Waals surface area contributed by atoms with E-state index in [2.05, 4.69) is 14.4 Å². The fourth-order valence-electron chi connectivity index (χ4n) is 4.11. The average Bonchev–Trinajstić information content (AvgIpc) is 3.32. The molecule has 1 aliphatic heterocycles. The van der Waals surface area contributed by atoms with Crippen LogP contribution in [0, 0.1) is 5.82 Å². The molecule has 212 valence electrons. The molecule has 3 aromatic carbocycles. The van der Waals surface area contributed by atoms with E-state index in [1.54, 1.807) is 26.0 Å². The van der Waals surface area contributed by atoms with Gasteiger partial charge in [0, 0.05) is 16.5 Å². The van der Waals surface area contributed by atoms with Crippen LogP contribution in [0.1, 0.15) is 30.9 Å². The Balaban J connectivity index is 1.76. The maximum absolute atomic E-state index is 13.7. The van der Waals surface area contributed by atoms with Gasteiger partial charge in [-0.05, 0) is 61.4 Å². The Morgan fingerprint density at radius 3 is 2.27 bits per heavy atom. The molecule has 0 saturated carbocycles. The first-order valence-electron chi connectivity index (χ1n) is 12.0. The summed E-state index contributed by atoms with van der Waals surface area (Å²) < 4.78 is 68.4. The molecule has 1 heterocycles. The predicted molar refractivity (Wildman–Crippen MR) is 153 cm³/mol. The first-order chi connectivity index (χ1) is 18.7. The van der Waals surface area contributed by atoms with Crippen molar-refractivity contribution < 1.29 is 21.2 Å². The van der Waals surface area contributed by atoms with E-state index < -0.39 is 31.6 Å². The van der Waals surface area contributed by atoms with E-state index in [-0.39, 0.29) is 29.9 Å². The van der Waals surface area contributed by atoms with Crippen molar-refractivity contribution in [3.05, 3.63) is 101 Å². The van der Waals surface area contributed by atoms with Crippen LogP contribution in [0.2, 0.25) is 5.02 Å². The van der Waals surface area contributed by atoms with Crippen molar-refractivity contribution in [2.24, 2.45) is 15.2 Å². The third-order valence-electron chi connectivity index (χ3n) is 5.89. The summed E-state index contributed by atoms with van der Waals surface area (Å²) in [6.07, 6.45) is 0. The molecular weight excluding hydrogens is 579 g/mol. The smallest absolute Gasteiger partial charge is 0.249 e. The number of halogens is 2. The lowest BCUT2D eigenvalue weighted by Crippen LogP contribution is -2.49. The molecule has 40 heavy (non-hydrogen) atoms. The highest BCUT2D eigenvalue weighted by Crippen LogP contribution is 2.29. The third kappa shape index (κ3) is 7.64. The summed E-state index contributed by atoms with van der Waals surface area (Å²) in [6, 6.07) is 20.9. The van der Waals surface area contributed by atoms with Gasteiger partial charge in [0.05, 0.1) is 23.7 Å². The lowest BCUT2D eigenvalue weighted by molar-refractivity contribution is 0.439. The topological polar surface area (TPSA) is 146 Å². The number of hydrazone groups is 1. The van der Waals surface area contributed by atoms with Crippen molar-refractivity contribution in [1.29, 1.82) is 0 Å². The van der Waals surface area contributed by atoms with Gasteiger partial charge >= 0.3 is 0 Å². The Hall–Kier alpha value is -3.36. The Morgan fingerprint density at radius 1 is 1.05 bits per heavy atom. The van der Waals surface area contributed by atoms with Crippen LogP contribution in [-0.2, 0) is 20.2 Å². The molecular formula is C26H28ClFN6O4S2.